The normalized spacial score (nSPS) is 36.2. The van der Waals surface area contributed by atoms with Gasteiger partial charge in [0.2, 0.25) is 11.9 Å². The van der Waals surface area contributed by atoms with E-state index in [0.717, 1.165) is 18.9 Å². The lowest BCUT2D eigenvalue weighted by Crippen LogP contribution is -2.47. The minimum Gasteiger partial charge on any atom is -0.385 e. The Morgan fingerprint density at radius 1 is 1.24 bits per heavy atom. The topological polar surface area (TPSA) is 45.2 Å². The average molecular weight is 240 g/mol. The largest absolute Gasteiger partial charge is 0.385 e. The van der Waals surface area contributed by atoms with Gasteiger partial charge in [-0.3, -0.25) is 0 Å². The van der Waals surface area contributed by atoms with Gasteiger partial charge in [-0.2, -0.15) is 13.8 Å². The van der Waals surface area contributed by atoms with Crippen LogP contribution in [-0.4, -0.2) is 22.2 Å². The highest BCUT2D eigenvalue weighted by molar-refractivity contribution is 5.23. The highest BCUT2D eigenvalue weighted by atomic mass is 19.1. The highest BCUT2D eigenvalue weighted by Gasteiger charge is 2.44. The van der Waals surface area contributed by atoms with Crippen LogP contribution in [-0.2, 0) is 5.60 Å². The fourth-order valence-corrected chi connectivity index (χ4v) is 3.10. The molecule has 5 heteroatoms. The number of aromatic nitrogens is 1. The van der Waals surface area contributed by atoms with E-state index in [1.807, 2.05) is 0 Å². The number of rotatable bonds is 1. The summed E-state index contributed by atoms with van der Waals surface area (Å²) in [7, 11) is 0. The van der Waals surface area contributed by atoms with E-state index >= 15 is 0 Å². The third kappa shape index (κ3) is 1.83. The van der Waals surface area contributed by atoms with Crippen LogP contribution >= 0.6 is 0 Å². The van der Waals surface area contributed by atoms with E-state index in [1.54, 1.807) is 0 Å². The molecule has 3 heterocycles. The molecule has 1 aromatic rings. The number of hydrogen-bond donors (Lipinski definition) is 2. The van der Waals surface area contributed by atoms with Gasteiger partial charge < -0.3 is 10.4 Å². The summed E-state index contributed by atoms with van der Waals surface area (Å²) in [6.45, 7) is 0. The molecule has 2 aliphatic heterocycles. The van der Waals surface area contributed by atoms with E-state index in [4.69, 9.17) is 0 Å². The zero-order chi connectivity index (χ0) is 12.0. The Labute approximate surface area is 97.9 Å². The number of aliphatic hydroxyl groups is 1. The first kappa shape index (κ1) is 11.0. The molecular weight excluding hydrogens is 226 g/mol. The SMILES string of the molecule is OC1(c2ccc(F)nc2F)CC2CCC(C1)N2. The molecule has 3 nitrogen and oxygen atoms in total. The zero-order valence-corrected chi connectivity index (χ0v) is 9.29. The van der Waals surface area contributed by atoms with E-state index in [-0.39, 0.29) is 17.6 Å². The van der Waals surface area contributed by atoms with Gasteiger partial charge in [-0.05, 0) is 37.8 Å². The second-order valence-corrected chi connectivity index (χ2v) is 5.05. The highest BCUT2D eigenvalue weighted by Crippen LogP contribution is 2.41. The first-order chi connectivity index (χ1) is 8.07. The lowest BCUT2D eigenvalue weighted by atomic mass is 9.82. The summed E-state index contributed by atoms with van der Waals surface area (Å²) in [6.07, 6.45) is 2.94. The van der Waals surface area contributed by atoms with Crippen LogP contribution in [0.5, 0.6) is 0 Å². The average Bonchev–Trinajstić information content (AvgIpc) is 2.58. The van der Waals surface area contributed by atoms with Crippen LogP contribution in [0.1, 0.15) is 31.2 Å². The van der Waals surface area contributed by atoms with Gasteiger partial charge in [0.25, 0.3) is 0 Å². The van der Waals surface area contributed by atoms with Crippen LogP contribution in [0.3, 0.4) is 0 Å². The van der Waals surface area contributed by atoms with Crippen molar-refractivity contribution in [3.63, 3.8) is 0 Å². The molecule has 2 atom stereocenters. The molecular formula is C12H14F2N2O. The third-order valence-electron chi connectivity index (χ3n) is 3.82. The van der Waals surface area contributed by atoms with Gasteiger partial charge in [0, 0.05) is 17.6 Å². The summed E-state index contributed by atoms with van der Waals surface area (Å²) < 4.78 is 26.4. The number of nitrogens with one attached hydrogen (secondary N) is 1. The Morgan fingerprint density at radius 3 is 2.47 bits per heavy atom. The molecule has 0 spiro atoms. The van der Waals surface area contributed by atoms with E-state index in [9.17, 15) is 13.9 Å². The Bertz CT molecular complexity index is 440. The summed E-state index contributed by atoms with van der Waals surface area (Å²) >= 11 is 0. The molecule has 0 saturated carbocycles. The van der Waals surface area contributed by atoms with Gasteiger partial charge >= 0.3 is 0 Å². The van der Waals surface area contributed by atoms with E-state index in [1.165, 1.54) is 6.07 Å². The van der Waals surface area contributed by atoms with Crippen LogP contribution in [0.2, 0.25) is 0 Å². The predicted octanol–water partition coefficient (Wildman–Crippen LogP) is 1.46. The molecule has 2 N–H and O–H groups in total. The summed E-state index contributed by atoms with van der Waals surface area (Å²) in [5.74, 6) is -1.75. The molecule has 2 fully saturated rings. The lowest BCUT2D eigenvalue weighted by Gasteiger charge is -2.37. The predicted molar refractivity (Wildman–Crippen MR) is 57.2 cm³/mol. The first-order valence-corrected chi connectivity index (χ1v) is 5.88. The fourth-order valence-electron chi connectivity index (χ4n) is 3.10. The van der Waals surface area contributed by atoms with Crippen molar-refractivity contribution in [2.45, 2.75) is 43.4 Å². The minimum absolute atomic E-state index is 0.123. The Morgan fingerprint density at radius 2 is 1.88 bits per heavy atom. The van der Waals surface area contributed by atoms with Crippen molar-refractivity contribution in [1.29, 1.82) is 0 Å². The second-order valence-electron chi connectivity index (χ2n) is 5.05. The van der Waals surface area contributed by atoms with Gasteiger partial charge in [-0.15, -0.1) is 0 Å². The van der Waals surface area contributed by atoms with Crippen molar-refractivity contribution < 1.29 is 13.9 Å². The molecule has 0 aliphatic carbocycles. The molecule has 1 aromatic heterocycles. The number of piperidine rings is 1. The Kier molecular flexibility index (Phi) is 2.41. The number of fused-ring (bicyclic) bond motifs is 2. The molecule has 0 amide bonds. The fraction of sp³-hybridized carbons (Fsp3) is 0.583. The number of hydrogen-bond acceptors (Lipinski definition) is 3. The molecule has 0 radical (unpaired) electrons. The smallest absolute Gasteiger partial charge is 0.221 e. The van der Waals surface area contributed by atoms with Crippen molar-refractivity contribution in [3.05, 3.63) is 29.6 Å². The Hall–Kier alpha value is -1.07. The summed E-state index contributed by atoms with van der Waals surface area (Å²) in [5.41, 5.74) is -1.08. The van der Waals surface area contributed by atoms with Crippen LogP contribution in [0, 0.1) is 11.9 Å². The maximum Gasteiger partial charge on any atom is 0.221 e. The second kappa shape index (κ2) is 3.71. The summed E-state index contributed by atoms with van der Waals surface area (Å²) in [5, 5.41) is 13.9. The van der Waals surface area contributed by atoms with Crippen molar-refractivity contribution in [3.8, 4) is 0 Å². The van der Waals surface area contributed by atoms with Crippen molar-refractivity contribution in [2.75, 3.05) is 0 Å². The number of nitrogens with zero attached hydrogens (tertiary/aromatic N) is 1. The van der Waals surface area contributed by atoms with Gasteiger partial charge in [-0.25, -0.2) is 0 Å². The quantitative estimate of drug-likeness (QED) is 0.730. The van der Waals surface area contributed by atoms with E-state index < -0.39 is 17.5 Å². The van der Waals surface area contributed by atoms with Crippen LogP contribution in [0.4, 0.5) is 8.78 Å². The van der Waals surface area contributed by atoms with Crippen LogP contribution < -0.4 is 5.32 Å². The van der Waals surface area contributed by atoms with Crippen LogP contribution in [0.15, 0.2) is 12.1 Å². The monoisotopic (exact) mass is 240 g/mol. The Balaban J connectivity index is 1.97. The zero-order valence-electron chi connectivity index (χ0n) is 9.29. The molecule has 2 bridgehead atoms. The maximum atomic E-state index is 13.6. The van der Waals surface area contributed by atoms with Gasteiger partial charge in [0.05, 0.1) is 5.60 Å². The molecule has 17 heavy (non-hydrogen) atoms. The lowest BCUT2D eigenvalue weighted by molar-refractivity contribution is -0.0151. The first-order valence-electron chi connectivity index (χ1n) is 5.88. The molecule has 2 aliphatic rings. The van der Waals surface area contributed by atoms with Crippen molar-refractivity contribution in [2.24, 2.45) is 0 Å². The standard InChI is InChI=1S/C12H14F2N2O/c13-10-4-3-9(11(14)16-10)12(17)5-7-1-2-8(6-12)15-7/h3-4,7-8,15,17H,1-2,5-6H2. The molecule has 2 unspecified atom stereocenters. The van der Waals surface area contributed by atoms with Gasteiger partial charge in [0.1, 0.15) is 0 Å². The minimum atomic E-state index is -1.21. The number of halogens is 2. The molecule has 92 valence electrons. The van der Waals surface area contributed by atoms with Crippen LogP contribution in [0.25, 0.3) is 0 Å². The van der Waals surface area contributed by atoms with Crippen molar-refractivity contribution >= 4 is 0 Å². The summed E-state index contributed by atoms with van der Waals surface area (Å²) in [6, 6.07) is 2.86. The summed E-state index contributed by atoms with van der Waals surface area (Å²) in [4.78, 5) is 3.15. The van der Waals surface area contributed by atoms with Gasteiger partial charge in [0.15, 0.2) is 0 Å². The van der Waals surface area contributed by atoms with Gasteiger partial charge in [-0.1, -0.05) is 0 Å². The van der Waals surface area contributed by atoms with E-state index in [0.29, 0.717) is 12.8 Å². The number of pyridine rings is 1. The molecule has 0 aromatic carbocycles. The third-order valence-corrected chi connectivity index (χ3v) is 3.82. The van der Waals surface area contributed by atoms with E-state index in [2.05, 4.69) is 10.3 Å². The maximum absolute atomic E-state index is 13.6. The molecule has 3 rings (SSSR count). The van der Waals surface area contributed by atoms with Crippen molar-refractivity contribution in [1.82, 2.24) is 10.3 Å². The molecule has 2 saturated heterocycles.